The summed E-state index contributed by atoms with van der Waals surface area (Å²) in [5.41, 5.74) is 0. The highest BCUT2D eigenvalue weighted by atomic mass is 16.3. The molecule has 0 aromatic carbocycles. The third-order valence-electron chi connectivity index (χ3n) is 4.82. The molecular formula is C16H21N3O3. The second-order valence-corrected chi connectivity index (χ2v) is 6.73. The Morgan fingerprint density at radius 1 is 1.41 bits per heavy atom. The highest BCUT2D eigenvalue weighted by Gasteiger charge is 2.40. The number of hydrogen-bond donors (Lipinski definition) is 2. The molecule has 3 amide bonds. The van der Waals surface area contributed by atoms with Crippen molar-refractivity contribution in [1.82, 2.24) is 15.5 Å². The standard InChI is InChI=1S/C16H21N3O3/c1-9-6-12(9)14-5-4-11(22-14)8-19(10-2-3-10)15(20)13-7-17-16(21)18-13/h4-5,9-10,12-13H,2-3,6-8H2,1H3,(H2,17,18,21)/t9-,12-,13-/m1/s1. The summed E-state index contributed by atoms with van der Waals surface area (Å²) in [5, 5.41) is 5.31. The van der Waals surface area contributed by atoms with Crippen molar-refractivity contribution in [3.8, 4) is 0 Å². The number of furan rings is 1. The summed E-state index contributed by atoms with van der Waals surface area (Å²) >= 11 is 0. The largest absolute Gasteiger partial charge is 0.464 e. The fraction of sp³-hybridized carbons (Fsp3) is 0.625. The van der Waals surface area contributed by atoms with E-state index in [0.29, 0.717) is 31.0 Å². The zero-order valence-corrected chi connectivity index (χ0v) is 12.7. The van der Waals surface area contributed by atoms with Crippen molar-refractivity contribution in [2.45, 2.75) is 50.7 Å². The second-order valence-electron chi connectivity index (χ2n) is 6.73. The molecule has 1 aliphatic heterocycles. The van der Waals surface area contributed by atoms with E-state index in [1.165, 1.54) is 6.42 Å². The summed E-state index contributed by atoms with van der Waals surface area (Å²) in [4.78, 5) is 25.7. The van der Waals surface area contributed by atoms with Gasteiger partial charge in [-0.05, 0) is 37.3 Å². The Hall–Kier alpha value is -1.98. The smallest absolute Gasteiger partial charge is 0.315 e. The molecule has 0 radical (unpaired) electrons. The predicted molar refractivity (Wildman–Crippen MR) is 79.1 cm³/mol. The summed E-state index contributed by atoms with van der Waals surface area (Å²) in [6, 6.07) is 3.59. The first kappa shape index (κ1) is 13.7. The lowest BCUT2D eigenvalue weighted by molar-refractivity contribution is -0.134. The molecule has 2 aliphatic carbocycles. The lowest BCUT2D eigenvalue weighted by atomic mass is 10.2. The highest BCUT2D eigenvalue weighted by Crippen LogP contribution is 2.47. The summed E-state index contributed by atoms with van der Waals surface area (Å²) in [6.45, 7) is 3.09. The van der Waals surface area contributed by atoms with E-state index >= 15 is 0 Å². The van der Waals surface area contributed by atoms with Crippen molar-refractivity contribution in [3.05, 3.63) is 23.7 Å². The minimum atomic E-state index is -0.453. The van der Waals surface area contributed by atoms with Crippen molar-refractivity contribution >= 4 is 11.9 Å². The van der Waals surface area contributed by atoms with Crippen molar-refractivity contribution in [2.75, 3.05) is 6.54 Å². The molecule has 1 aromatic heterocycles. The molecule has 0 unspecified atom stereocenters. The van der Waals surface area contributed by atoms with Crippen LogP contribution in [0.2, 0.25) is 0 Å². The minimum absolute atomic E-state index is 0.0152. The van der Waals surface area contributed by atoms with Gasteiger partial charge in [0, 0.05) is 18.5 Å². The van der Waals surface area contributed by atoms with Crippen LogP contribution in [0.5, 0.6) is 0 Å². The fourth-order valence-corrected chi connectivity index (χ4v) is 3.14. The van der Waals surface area contributed by atoms with Gasteiger partial charge in [-0.25, -0.2) is 4.79 Å². The molecule has 2 heterocycles. The van der Waals surface area contributed by atoms with Crippen molar-refractivity contribution in [2.24, 2.45) is 5.92 Å². The van der Waals surface area contributed by atoms with Gasteiger partial charge in [0.2, 0.25) is 5.91 Å². The van der Waals surface area contributed by atoms with Crippen molar-refractivity contribution < 1.29 is 14.0 Å². The number of amides is 3. The van der Waals surface area contributed by atoms with Crippen LogP contribution in [0.3, 0.4) is 0 Å². The second kappa shape index (κ2) is 5.04. The van der Waals surface area contributed by atoms with Crippen LogP contribution >= 0.6 is 0 Å². The molecule has 2 N–H and O–H groups in total. The number of nitrogens with zero attached hydrogens (tertiary/aromatic N) is 1. The fourth-order valence-electron chi connectivity index (χ4n) is 3.14. The van der Waals surface area contributed by atoms with E-state index in [0.717, 1.165) is 24.4 Å². The van der Waals surface area contributed by atoms with Crippen LogP contribution in [-0.2, 0) is 11.3 Å². The average molecular weight is 303 g/mol. The maximum atomic E-state index is 12.6. The molecule has 2 saturated carbocycles. The Kier molecular flexibility index (Phi) is 3.13. The van der Waals surface area contributed by atoms with E-state index in [9.17, 15) is 9.59 Å². The molecule has 1 saturated heterocycles. The summed E-state index contributed by atoms with van der Waals surface area (Å²) in [6.07, 6.45) is 3.26. The number of hydrogen-bond acceptors (Lipinski definition) is 3. The lowest BCUT2D eigenvalue weighted by Crippen LogP contribution is -2.46. The third kappa shape index (κ3) is 2.58. The molecular weight excluding hydrogens is 282 g/mol. The molecule has 0 bridgehead atoms. The van der Waals surface area contributed by atoms with Crippen LogP contribution in [0.4, 0.5) is 4.79 Å². The number of carbonyl (C=O) groups excluding carboxylic acids is 2. The maximum absolute atomic E-state index is 12.6. The van der Waals surface area contributed by atoms with Gasteiger partial charge in [-0.15, -0.1) is 0 Å². The van der Waals surface area contributed by atoms with Crippen LogP contribution < -0.4 is 10.6 Å². The number of carbonyl (C=O) groups is 2. The Balaban J connectivity index is 1.44. The molecule has 4 rings (SSSR count). The molecule has 6 heteroatoms. The van der Waals surface area contributed by atoms with Crippen LogP contribution in [0, 0.1) is 5.92 Å². The molecule has 118 valence electrons. The topological polar surface area (TPSA) is 74.6 Å². The lowest BCUT2D eigenvalue weighted by Gasteiger charge is -2.24. The molecule has 6 nitrogen and oxygen atoms in total. The van der Waals surface area contributed by atoms with Gasteiger partial charge in [0.25, 0.3) is 0 Å². The van der Waals surface area contributed by atoms with Gasteiger partial charge in [0.05, 0.1) is 6.54 Å². The van der Waals surface area contributed by atoms with Gasteiger partial charge in [0.15, 0.2) is 0 Å². The van der Waals surface area contributed by atoms with Gasteiger partial charge in [-0.2, -0.15) is 0 Å². The monoisotopic (exact) mass is 303 g/mol. The van der Waals surface area contributed by atoms with E-state index in [1.54, 1.807) is 0 Å². The van der Waals surface area contributed by atoms with E-state index < -0.39 is 6.04 Å². The molecule has 3 fully saturated rings. The Morgan fingerprint density at radius 3 is 2.77 bits per heavy atom. The SMILES string of the molecule is C[C@@H]1C[C@H]1c1ccc(CN(C(=O)[C@H]2CNC(=O)N2)C2CC2)o1. The van der Waals surface area contributed by atoms with Crippen LogP contribution in [0.25, 0.3) is 0 Å². The molecule has 1 aromatic rings. The first-order valence-electron chi connectivity index (χ1n) is 8.05. The quantitative estimate of drug-likeness (QED) is 0.867. The number of urea groups is 1. The predicted octanol–water partition coefficient (Wildman–Crippen LogP) is 1.58. The van der Waals surface area contributed by atoms with Crippen LogP contribution in [-0.4, -0.2) is 35.5 Å². The molecule has 22 heavy (non-hydrogen) atoms. The average Bonchev–Trinajstić information content (AvgIpc) is 3.37. The Morgan fingerprint density at radius 2 is 2.18 bits per heavy atom. The van der Waals surface area contributed by atoms with Crippen molar-refractivity contribution in [1.29, 1.82) is 0 Å². The first-order valence-corrected chi connectivity index (χ1v) is 8.05. The van der Waals surface area contributed by atoms with Gasteiger partial charge >= 0.3 is 6.03 Å². The Labute approximate surface area is 129 Å². The van der Waals surface area contributed by atoms with Gasteiger partial charge < -0.3 is 20.0 Å². The summed E-state index contributed by atoms with van der Waals surface area (Å²) in [7, 11) is 0. The first-order chi connectivity index (χ1) is 10.6. The van der Waals surface area contributed by atoms with Gasteiger partial charge in [0.1, 0.15) is 17.6 Å². The number of rotatable bonds is 5. The van der Waals surface area contributed by atoms with Crippen molar-refractivity contribution in [3.63, 3.8) is 0 Å². The van der Waals surface area contributed by atoms with Gasteiger partial charge in [-0.3, -0.25) is 4.79 Å². The molecule has 3 atom stereocenters. The minimum Gasteiger partial charge on any atom is -0.464 e. The third-order valence-corrected chi connectivity index (χ3v) is 4.82. The van der Waals surface area contributed by atoms with Gasteiger partial charge in [-0.1, -0.05) is 6.92 Å². The maximum Gasteiger partial charge on any atom is 0.315 e. The number of nitrogens with one attached hydrogen (secondary N) is 2. The van der Waals surface area contributed by atoms with Crippen LogP contribution in [0.1, 0.15) is 43.6 Å². The van der Waals surface area contributed by atoms with E-state index in [2.05, 4.69) is 17.6 Å². The highest BCUT2D eigenvalue weighted by molar-refractivity contribution is 5.90. The zero-order valence-electron chi connectivity index (χ0n) is 12.7. The zero-order chi connectivity index (χ0) is 15.3. The van der Waals surface area contributed by atoms with E-state index in [1.807, 2.05) is 17.0 Å². The normalized spacial score (nSPS) is 29.9. The molecule has 0 spiro atoms. The summed E-state index contributed by atoms with van der Waals surface area (Å²) < 4.78 is 5.92. The molecule has 3 aliphatic rings. The van der Waals surface area contributed by atoms with E-state index in [4.69, 9.17) is 4.42 Å². The van der Waals surface area contributed by atoms with E-state index in [-0.39, 0.29) is 11.9 Å². The van der Waals surface area contributed by atoms with Crippen LogP contribution in [0.15, 0.2) is 16.5 Å². The Bertz CT molecular complexity index is 608. The summed E-state index contributed by atoms with van der Waals surface area (Å²) in [5.74, 6) is 3.13.